The van der Waals surface area contributed by atoms with Crippen LogP contribution in [0.3, 0.4) is 0 Å². The van der Waals surface area contributed by atoms with E-state index in [1.165, 1.54) is 19.3 Å². The van der Waals surface area contributed by atoms with Crippen molar-refractivity contribution < 1.29 is 0 Å². The Morgan fingerprint density at radius 1 is 1.20 bits per heavy atom. The Hall–Kier alpha value is -0.330. The number of rotatable bonds is 4. The van der Waals surface area contributed by atoms with Crippen LogP contribution in [0.2, 0.25) is 0 Å². The topological polar surface area (TPSA) is 23.9 Å². The highest BCUT2D eigenvalue weighted by atomic mass is 14.4. The zero-order chi connectivity index (χ0) is 8.41. The molecule has 0 aliphatic rings. The summed E-state index contributed by atoms with van der Waals surface area (Å²) in [5.41, 5.74) is 0.818. The molecule has 0 amide bonds. The van der Waals surface area contributed by atoms with Gasteiger partial charge in [0.2, 0.25) is 0 Å². The van der Waals surface area contributed by atoms with E-state index >= 15 is 0 Å². The van der Waals surface area contributed by atoms with E-state index in [9.17, 15) is 0 Å². The fourth-order valence-electron chi connectivity index (χ4n) is 0.640. The second-order valence-electron chi connectivity index (χ2n) is 2.24. The third-order valence-corrected chi connectivity index (χ3v) is 1.16. The van der Waals surface area contributed by atoms with Crippen molar-refractivity contribution in [2.45, 2.75) is 53.4 Å². The fourth-order valence-corrected chi connectivity index (χ4v) is 0.640. The molecular formula is C9H21N. The smallest absolute Gasteiger partial charge is 0.00582 e. The Kier molecular flexibility index (Phi) is 14.2. The molecule has 62 valence electrons. The highest BCUT2D eigenvalue weighted by molar-refractivity contribution is 5.78. The predicted molar refractivity (Wildman–Crippen MR) is 48.9 cm³/mol. The number of nitrogens with one attached hydrogen (secondary N) is 1. The van der Waals surface area contributed by atoms with Gasteiger partial charge in [-0.25, -0.2) is 0 Å². The first-order chi connectivity index (χ1) is 4.77. The van der Waals surface area contributed by atoms with E-state index in [1.807, 2.05) is 20.8 Å². The zero-order valence-electron chi connectivity index (χ0n) is 7.83. The lowest BCUT2D eigenvalue weighted by Gasteiger charge is -1.93. The average molecular weight is 143 g/mol. The third-order valence-electron chi connectivity index (χ3n) is 1.16. The second kappa shape index (κ2) is 11.5. The molecule has 1 nitrogen and oxygen atoms in total. The van der Waals surface area contributed by atoms with E-state index < -0.39 is 0 Å². The van der Waals surface area contributed by atoms with Gasteiger partial charge < -0.3 is 5.41 Å². The first kappa shape index (κ1) is 12.4. The lowest BCUT2D eigenvalue weighted by molar-refractivity contribution is 0.739. The summed E-state index contributed by atoms with van der Waals surface area (Å²) in [4.78, 5) is 0. The van der Waals surface area contributed by atoms with Crippen LogP contribution in [0.1, 0.15) is 53.4 Å². The molecule has 0 rings (SSSR count). The maximum Gasteiger partial charge on any atom is 0.00582 e. The minimum atomic E-state index is 0.818. The third kappa shape index (κ3) is 15.6. The van der Waals surface area contributed by atoms with Crippen LogP contribution in [-0.2, 0) is 0 Å². The molecule has 0 saturated carbocycles. The highest BCUT2D eigenvalue weighted by Gasteiger charge is 1.86. The molecule has 0 aromatic rings. The molecule has 0 unspecified atom stereocenters. The molecule has 0 heterocycles. The van der Waals surface area contributed by atoms with Gasteiger partial charge in [-0.1, -0.05) is 33.6 Å². The predicted octanol–water partition coefficient (Wildman–Crippen LogP) is 3.63. The first-order valence-corrected chi connectivity index (χ1v) is 4.31. The summed E-state index contributed by atoms with van der Waals surface area (Å²) in [6, 6.07) is 0. The monoisotopic (exact) mass is 143 g/mol. The molecule has 0 radical (unpaired) electrons. The molecule has 0 fully saturated rings. The quantitative estimate of drug-likeness (QED) is 0.459. The van der Waals surface area contributed by atoms with Gasteiger partial charge in [0, 0.05) is 5.71 Å². The standard InChI is InChI=1S/C7H15N.C2H6/c1-3-4-5-6-7(2)8;1-2/h8H,3-6H2,1-2H3;1-2H3. The van der Waals surface area contributed by atoms with Crippen LogP contribution in [0.25, 0.3) is 0 Å². The van der Waals surface area contributed by atoms with Crippen molar-refractivity contribution in [3.63, 3.8) is 0 Å². The Bertz CT molecular complexity index is 67.1. The van der Waals surface area contributed by atoms with Gasteiger partial charge in [0.05, 0.1) is 0 Å². The van der Waals surface area contributed by atoms with E-state index in [4.69, 9.17) is 5.41 Å². The van der Waals surface area contributed by atoms with E-state index in [0.717, 1.165) is 12.1 Å². The van der Waals surface area contributed by atoms with E-state index in [1.54, 1.807) is 0 Å². The van der Waals surface area contributed by atoms with Gasteiger partial charge in [-0.15, -0.1) is 0 Å². The maximum atomic E-state index is 7.07. The van der Waals surface area contributed by atoms with Crippen LogP contribution in [0.5, 0.6) is 0 Å². The molecular weight excluding hydrogens is 122 g/mol. The van der Waals surface area contributed by atoms with Crippen molar-refractivity contribution in [3.05, 3.63) is 0 Å². The van der Waals surface area contributed by atoms with Crippen molar-refractivity contribution in [1.82, 2.24) is 0 Å². The minimum Gasteiger partial charge on any atom is -0.310 e. The fraction of sp³-hybridized carbons (Fsp3) is 0.889. The van der Waals surface area contributed by atoms with Crippen molar-refractivity contribution in [3.8, 4) is 0 Å². The normalized spacial score (nSPS) is 8.00. The average Bonchev–Trinajstić information content (AvgIpc) is 1.92. The number of unbranched alkanes of at least 4 members (excludes halogenated alkanes) is 2. The van der Waals surface area contributed by atoms with Crippen LogP contribution in [0.15, 0.2) is 0 Å². The lowest BCUT2D eigenvalue weighted by atomic mass is 10.1. The molecule has 10 heavy (non-hydrogen) atoms. The largest absolute Gasteiger partial charge is 0.310 e. The van der Waals surface area contributed by atoms with Gasteiger partial charge >= 0.3 is 0 Å². The number of hydrogen-bond acceptors (Lipinski definition) is 1. The van der Waals surface area contributed by atoms with Crippen molar-refractivity contribution >= 4 is 5.71 Å². The second-order valence-corrected chi connectivity index (χ2v) is 2.24. The van der Waals surface area contributed by atoms with Crippen LogP contribution in [0, 0.1) is 5.41 Å². The minimum absolute atomic E-state index is 0.818. The zero-order valence-corrected chi connectivity index (χ0v) is 7.83. The van der Waals surface area contributed by atoms with Crippen LogP contribution in [-0.4, -0.2) is 5.71 Å². The summed E-state index contributed by atoms with van der Waals surface area (Å²) in [6.07, 6.45) is 4.73. The van der Waals surface area contributed by atoms with Crippen LogP contribution < -0.4 is 0 Å². The Morgan fingerprint density at radius 2 is 1.70 bits per heavy atom. The van der Waals surface area contributed by atoms with E-state index in [2.05, 4.69) is 6.92 Å². The van der Waals surface area contributed by atoms with Crippen molar-refractivity contribution in [2.24, 2.45) is 0 Å². The molecule has 0 atom stereocenters. The van der Waals surface area contributed by atoms with E-state index in [0.29, 0.717) is 0 Å². The molecule has 0 aliphatic carbocycles. The molecule has 1 heteroatoms. The summed E-state index contributed by atoms with van der Waals surface area (Å²) in [7, 11) is 0. The van der Waals surface area contributed by atoms with Crippen LogP contribution in [0.4, 0.5) is 0 Å². The molecule has 0 saturated heterocycles. The van der Waals surface area contributed by atoms with Crippen molar-refractivity contribution in [1.29, 1.82) is 5.41 Å². The molecule has 0 aromatic heterocycles. The summed E-state index contributed by atoms with van der Waals surface area (Å²) in [6.45, 7) is 8.05. The summed E-state index contributed by atoms with van der Waals surface area (Å²) >= 11 is 0. The van der Waals surface area contributed by atoms with Crippen molar-refractivity contribution in [2.75, 3.05) is 0 Å². The maximum absolute atomic E-state index is 7.07. The molecule has 1 N–H and O–H groups in total. The Morgan fingerprint density at radius 3 is 2.00 bits per heavy atom. The van der Waals surface area contributed by atoms with Gasteiger partial charge in [0.25, 0.3) is 0 Å². The summed E-state index contributed by atoms with van der Waals surface area (Å²) < 4.78 is 0. The molecule has 0 aliphatic heterocycles. The van der Waals surface area contributed by atoms with Gasteiger partial charge in [0.15, 0.2) is 0 Å². The van der Waals surface area contributed by atoms with Crippen LogP contribution >= 0.6 is 0 Å². The lowest BCUT2D eigenvalue weighted by Crippen LogP contribution is -1.86. The Labute approximate surface area is 65.3 Å². The molecule has 0 bridgehead atoms. The molecule has 0 spiro atoms. The van der Waals surface area contributed by atoms with Gasteiger partial charge in [-0.2, -0.15) is 0 Å². The number of hydrogen-bond donors (Lipinski definition) is 1. The SMILES string of the molecule is CC.CCCCCC(C)=N. The van der Waals surface area contributed by atoms with Gasteiger partial charge in [-0.05, 0) is 19.8 Å². The summed E-state index contributed by atoms with van der Waals surface area (Å²) in [5, 5.41) is 7.07. The van der Waals surface area contributed by atoms with E-state index in [-0.39, 0.29) is 0 Å². The Balaban J connectivity index is 0. The first-order valence-electron chi connectivity index (χ1n) is 4.31. The summed E-state index contributed by atoms with van der Waals surface area (Å²) in [5.74, 6) is 0. The van der Waals surface area contributed by atoms with Gasteiger partial charge in [0.1, 0.15) is 0 Å². The molecule has 0 aromatic carbocycles. The highest BCUT2D eigenvalue weighted by Crippen LogP contribution is 1.98. The van der Waals surface area contributed by atoms with Gasteiger partial charge in [-0.3, -0.25) is 0 Å².